The molecule has 0 saturated carbocycles. The predicted octanol–water partition coefficient (Wildman–Crippen LogP) is 4.36. The van der Waals surface area contributed by atoms with Crippen molar-refractivity contribution in [3.8, 4) is 0 Å². The number of benzene rings is 2. The van der Waals surface area contributed by atoms with Gasteiger partial charge in [0.25, 0.3) is 0 Å². The van der Waals surface area contributed by atoms with Gasteiger partial charge in [0.2, 0.25) is 5.91 Å². The number of fused-ring (bicyclic) bond motifs is 2. The first-order valence-electron chi connectivity index (χ1n) is 10.9. The van der Waals surface area contributed by atoms with E-state index in [-0.39, 0.29) is 11.8 Å². The van der Waals surface area contributed by atoms with Crippen molar-refractivity contribution in [3.63, 3.8) is 0 Å². The third-order valence-corrected chi connectivity index (χ3v) is 6.86. The maximum absolute atomic E-state index is 13.3. The minimum atomic E-state index is -0.108. The summed E-state index contributed by atoms with van der Waals surface area (Å²) >= 11 is 0. The number of hydrogen-bond acceptors (Lipinski definition) is 3. The fourth-order valence-electron chi connectivity index (χ4n) is 5.45. The number of para-hydroxylation sites is 1. The number of hydrogen-bond donors (Lipinski definition) is 1. The monoisotopic (exact) mass is 387 g/mol. The summed E-state index contributed by atoms with van der Waals surface area (Å²) in [6.45, 7) is 7.42. The molecule has 29 heavy (non-hydrogen) atoms. The molecule has 2 aromatic carbocycles. The van der Waals surface area contributed by atoms with E-state index in [9.17, 15) is 4.79 Å². The van der Waals surface area contributed by atoms with Crippen molar-refractivity contribution < 1.29 is 4.79 Å². The Morgan fingerprint density at radius 2 is 1.90 bits per heavy atom. The van der Waals surface area contributed by atoms with Crippen molar-refractivity contribution in [2.24, 2.45) is 5.92 Å². The first-order chi connectivity index (χ1) is 14.2. The summed E-state index contributed by atoms with van der Waals surface area (Å²) in [4.78, 5) is 17.8. The van der Waals surface area contributed by atoms with Crippen LogP contribution in [0, 0.1) is 5.92 Å². The van der Waals surface area contributed by atoms with Crippen molar-refractivity contribution in [2.75, 3.05) is 36.4 Å². The number of anilines is 2. The fourth-order valence-corrected chi connectivity index (χ4v) is 5.45. The van der Waals surface area contributed by atoms with Crippen LogP contribution in [0.5, 0.6) is 0 Å². The Morgan fingerprint density at radius 3 is 2.66 bits per heavy atom. The standard InChI is InChI=1S/C25H29N3O/c1-3-27(4-2)25(29)18-13-21-20-11-8-12-22-24(20)17(15-26-22)14-23(21)28(16-18)19-9-6-5-7-10-19/h5-13,17-18,23,26H,3-4,14-16H2,1-2H3/t17?,18-,23-/m1/s1. The number of carbonyl (C=O) groups excluding carboxylic acids is 1. The fraction of sp³-hybridized carbons (Fsp3) is 0.400. The zero-order valence-electron chi connectivity index (χ0n) is 17.3. The van der Waals surface area contributed by atoms with Crippen LogP contribution < -0.4 is 10.2 Å². The summed E-state index contributed by atoms with van der Waals surface area (Å²) in [5.74, 6) is 0.683. The zero-order chi connectivity index (χ0) is 20.0. The molecule has 1 aliphatic carbocycles. The van der Waals surface area contributed by atoms with Crippen LogP contribution >= 0.6 is 0 Å². The van der Waals surface area contributed by atoms with Gasteiger partial charge in [0.05, 0.1) is 12.0 Å². The maximum Gasteiger partial charge on any atom is 0.231 e. The molecule has 3 aliphatic rings. The minimum absolute atomic E-state index is 0.108. The lowest BCUT2D eigenvalue weighted by Gasteiger charge is -2.45. The van der Waals surface area contributed by atoms with E-state index in [1.54, 1.807) is 0 Å². The highest BCUT2D eigenvalue weighted by Gasteiger charge is 2.42. The molecule has 1 amide bonds. The Balaban J connectivity index is 1.62. The number of nitrogens with zero attached hydrogens (tertiary/aromatic N) is 2. The molecule has 0 fully saturated rings. The lowest BCUT2D eigenvalue weighted by Crippen LogP contribution is -2.49. The molecule has 0 aromatic heterocycles. The quantitative estimate of drug-likeness (QED) is 0.847. The van der Waals surface area contributed by atoms with Gasteiger partial charge in [-0.2, -0.15) is 0 Å². The van der Waals surface area contributed by atoms with Gasteiger partial charge in [0.15, 0.2) is 0 Å². The molecule has 1 unspecified atom stereocenters. The molecule has 0 spiro atoms. The second-order valence-corrected chi connectivity index (χ2v) is 8.32. The summed E-state index contributed by atoms with van der Waals surface area (Å²) < 4.78 is 0. The van der Waals surface area contributed by atoms with Gasteiger partial charge >= 0.3 is 0 Å². The van der Waals surface area contributed by atoms with Crippen molar-refractivity contribution in [1.82, 2.24) is 4.90 Å². The van der Waals surface area contributed by atoms with Crippen molar-refractivity contribution in [1.29, 1.82) is 0 Å². The normalized spacial score (nSPS) is 24.3. The van der Waals surface area contributed by atoms with E-state index >= 15 is 0 Å². The highest BCUT2D eigenvalue weighted by Crippen LogP contribution is 2.49. The highest BCUT2D eigenvalue weighted by atomic mass is 16.2. The van der Waals surface area contributed by atoms with Crippen LogP contribution in [-0.4, -0.2) is 43.0 Å². The van der Waals surface area contributed by atoms with Gasteiger partial charge in [-0.3, -0.25) is 4.79 Å². The molecule has 2 heterocycles. The van der Waals surface area contributed by atoms with Crippen LogP contribution in [0.4, 0.5) is 11.4 Å². The van der Waals surface area contributed by atoms with Gasteiger partial charge in [-0.05, 0) is 55.2 Å². The van der Waals surface area contributed by atoms with Crippen LogP contribution in [0.2, 0.25) is 0 Å². The minimum Gasteiger partial charge on any atom is -0.384 e. The molecular weight excluding hydrogens is 358 g/mol. The van der Waals surface area contributed by atoms with Gasteiger partial charge in [0.1, 0.15) is 0 Å². The van der Waals surface area contributed by atoms with Crippen LogP contribution in [0.15, 0.2) is 54.6 Å². The number of amides is 1. The largest absolute Gasteiger partial charge is 0.384 e. The first-order valence-corrected chi connectivity index (χ1v) is 10.9. The molecule has 3 atom stereocenters. The molecule has 2 aliphatic heterocycles. The van der Waals surface area contributed by atoms with E-state index < -0.39 is 0 Å². The van der Waals surface area contributed by atoms with Gasteiger partial charge in [-0.1, -0.05) is 36.4 Å². The lowest BCUT2D eigenvalue weighted by molar-refractivity contribution is -0.133. The van der Waals surface area contributed by atoms with E-state index in [0.29, 0.717) is 12.0 Å². The Bertz CT molecular complexity index is 948. The van der Waals surface area contributed by atoms with Crippen LogP contribution in [0.25, 0.3) is 5.57 Å². The number of carbonyl (C=O) groups is 1. The van der Waals surface area contributed by atoms with E-state index in [1.807, 2.05) is 4.90 Å². The zero-order valence-corrected chi connectivity index (χ0v) is 17.3. The summed E-state index contributed by atoms with van der Waals surface area (Å²) in [6.07, 6.45) is 3.39. The highest BCUT2D eigenvalue weighted by molar-refractivity contribution is 5.89. The Hall–Kier alpha value is -2.75. The van der Waals surface area contributed by atoms with Crippen molar-refractivity contribution >= 4 is 22.9 Å². The smallest absolute Gasteiger partial charge is 0.231 e. The van der Waals surface area contributed by atoms with Gasteiger partial charge in [-0.25, -0.2) is 0 Å². The first kappa shape index (κ1) is 18.3. The number of nitrogens with one attached hydrogen (secondary N) is 1. The van der Waals surface area contributed by atoms with Gasteiger partial charge in [-0.15, -0.1) is 0 Å². The summed E-state index contributed by atoms with van der Waals surface area (Å²) in [7, 11) is 0. The van der Waals surface area contributed by atoms with Crippen LogP contribution in [-0.2, 0) is 4.79 Å². The molecule has 0 radical (unpaired) electrons. The average molecular weight is 388 g/mol. The molecule has 1 N–H and O–H groups in total. The molecule has 5 rings (SSSR count). The second-order valence-electron chi connectivity index (χ2n) is 8.32. The third kappa shape index (κ3) is 2.93. The van der Waals surface area contributed by atoms with Crippen molar-refractivity contribution in [3.05, 3.63) is 65.7 Å². The van der Waals surface area contributed by atoms with E-state index in [0.717, 1.165) is 32.6 Å². The lowest BCUT2D eigenvalue weighted by atomic mass is 9.74. The molecule has 4 heteroatoms. The molecule has 150 valence electrons. The summed E-state index contributed by atoms with van der Waals surface area (Å²) in [5, 5.41) is 3.60. The summed E-state index contributed by atoms with van der Waals surface area (Å²) in [6, 6.07) is 17.5. The molecule has 0 saturated heterocycles. The molecule has 2 aromatic rings. The average Bonchev–Trinajstić information content (AvgIpc) is 3.19. The van der Waals surface area contributed by atoms with E-state index in [4.69, 9.17) is 0 Å². The van der Waals surface area contributed by atoms with Crippen LogP contribution in [0.1, 0.15) is 37.3 Å². The van der Waals surface area contributed by atoms with Gasteiger partial charge < -0.3 is 15.1 Å². The third-order valence-electron chi connectivity index (χ3n) is 6.86. The SMILES string of the molecule is CCN(CC)C(=O)[C@@H]1C=C2c3cccc4c3C(CN4)C[C@H]2N(c2ccccc2)C1. The van der Waals surface area contributed by atoms with Crippen LogP contribution in [0.3, 0.4) is 0 Å². The Kier molecular flexibility index (Phi) is 4.57. The van der Waals surface area contributed by atoms with E-state index in [2.05, 4.69) is 78.7 Å². The Morgan fingerprint density at radius 1 is 1.10 bits per heavy atom. The summed E-state index contributed by atoms with van der Waals surface area (Å²) in [5.41, 5.74) is 6.62. The maximum atomic E-state index is 13.3. The molecule has 4 nitrogen and oxygen atoms in total. The molecule has 0 bridgehead atoms. The number of rotatable bonds is 4. The topological polar surface area (TPSA) is 35.6 Å². The predicted molar refractivity (Wildman–Crippen MR) is 119 cm³/mol. The molecular formula is C25H29N3O. The Labute approximate surface area is 173 Å². The second kappa shape index (κ2) is 7.25. The van der Waals surface area contributed by atoms with Crippen molar-refractivity contribution in [2.45, 2.75) is 32.2 Å². The van der Waals surface area contributed by atoms with Gasteiger partial charge in [0, 0.05) is 43.5 Å². The van der Waals surface area contributed by atoms with E-state index in [1.165, 1.54) is 28.1 Å².